The maximum atomic E-state index is 11.1. The number of ether oxygens (including phenoxy) is 1. The lowest BCUT2D eigenvalue weighted by Crippen LogP contribution is -2.23. The molecule has 0 bridgehead atoms. The van der Waals surface area contributed by atoms with Crippen molar-refractivity contribution < 1.29 is 13.2 Å². The molecule has 0 spiro atoms. The van der Waals surface area contributed by atoms with Gasteiger partial charge in [-0.3, -0.25) is 0 Å². The van der Waals surface area contributed by atoms with Gasteiger partial charge >= 0.3 is 0 Å². The minimum absolute atomic E-state index is 0.254. The second-order valence-electron chi connectivity index (χ2n) is 2.45. The monoisotopic (exact) mass is 175 g/mol. The Balaban J connectivity index is 2.65. The average molecular weight is 175 g/mol. The van der Waals surface area contributed by atoms with Crippen LogP contribution in [0.4, 0.5) is 0 Å². The summed E-state index contributed by atoms with van der Waals surface area (Å²) in [6.45, 7) is 0.749. The lowest BCUT2D eigenvalue weighted by Gasteiger charge is -2.04. The van der Waals surface area contributed by atoms with Crippen LogP contribution in [0.5, 0.6) is 0 Å². The van der Waals surface area contributed by atoms with E-state index < -0.39 is 15.1 Å². The Morgan fingerprint density at radius 2 is 2.36 bits per heavy atom. The molecule has 11 heavy (non-hydrogen) atoms. The first-order valence-corrected chi connectivity index (χ1v) is 5.04. The third-order valence-corrected chi connectivity index (χ3v) is 3.58. The third kappa shape index (κ3) is 1.91. The summed E-state index contributed by atoms with van der Waals surface area (Å²) < 4.78 is 27.2. The van der Waals surface area contributed by atoms with Crippen molar-refractivity contribution >= 4 is 9.84 Å². The highest BCUT2D eigenvalue weighted by Crippen LogP contribution is 2.13. The number of rotatable bonds is 2. The Kier molecular flexibility index (Phi) is 2.47. The zero-order chi connectivity index (χ0) is 8.32. The second kappa shape index (κ2) is 3.20. The summed E-state index contributed by atoms with van der Waals surface area (Å²) in [5, 5.41) is 7.75. The highest BCUT2D eigenvalue weighted by atomic mass is 32.2. The van der Waals surface area contributed by atoms with Crippen LogP contribution in [0.3, 0.4) is 0 Å². The van der Waals surface area contributed by atoms with Gasteiger partial charge in [0.15, 0.2) is 9.84 Å². The normalized spacial score (nSPS) is 24.8. The number of hydrogen-bond donors (Lipinski definition) is 0. The molecule has 0 aromatic carbocycles. The fraction of sp³-hybridized carbons (Fsp3) is 0.833. The van der Waals surface area contributed by atoms with E-state index in [1.165, 1.54) is 0 Å². The highest BCUT2D eigenvalue weighted by Gasteiger charge is 2.28. The molecule has 5 heteroatoms. The van der Waals surface area contributed by atoms with Gasteiger partial charge in [0, 0.05) is 6.61 Å². The van der Waals surface area contributed by atoms with Gasteiger partial charge in [-0.15, -0.1) is 0 Å². The first-order valence-electron chi connectivity index (χ1n) is 3.33. The molecule has 62 valence electrons. The van der Waals surface area contributed by atoms with Crippen LogP contribution in [0, 0.1) is 11.3 Å². The van der Waals surface area contributed by atoms with Gasteiger partial charge in [-0.05, 0) is 6.42 Å². The highest BCUT2D eigenvalue weighted by molar-refractivity contribution is 7.92. The fourth-order valence-electron chi connectivity index (χ4n) is 1.00. The molecular weight excluding hydrogens is 166 g/mol. The molecule has 1 rings (SSSR count). The van der Waals surface area contributed by atoms with E-state index in [-0.39, 0.29) is 12.4 Å². The Bertz CT molecular complexity index is 258. The molecule has 0 unspecified atom stereocenters. The van der Waals surface area contributed by atoms with Crippen molar-refractivity contribution in [2.75, 3.05) is 19.0 Å². The molecule has 1 saturated heterocycles. The van der Waals surface area contributed by atoms with E-state index in [4.69, 9.17) is 10.00 Å². The van der Waals surface area contributed by atoms with Gasteiger partial charge in [0.05, 0.1) is 17.9 Å². The zero-order valence-electron chi connectivity index (χ0n) is 5.99. The van der Waals surface area contributed by atoms with E-state index in [2.05, 4.69) is 0 Å². The van der Waals surface area contributed by atoms with Crippen LogP contribution in [-0.4, -0.2) is 32.6 Å². The van der Waals surface area contributed by atoms with Crippen LogP contribution in [0.2, 0.25) is 0 Å². The molecule has 0 amide bonds. The number of nitriles is 1. The van der Waals surface area contributed by atoms with Gasteiger partial charge in [-0.2, -0.15) is 5.26 Å². The maximum Gasteiger partial charge on any atom is 0.168 e. The van der Waals surface area contributed by atoms with E-state index in [0.29, 0.717) is 13.0 Å². The Morgan fingerprint density at radius 1 is 1.64 bits per heavy atom. The molecule has 1 aliphatic rings. The second-order valence-corrected chi connectivity index (χ2v) is 4.73. The Labute approximate surface area is 65.7 Å². The van der Waals surface area contributed by atoms with Gasteiger partial charge in [0.25, 0.3) is 0 Å². The van der Waals surface area contributed by atoms with E-state index in [1.54, 1.807) is 6.07 Å². The van der Waals surface area contributed by atoms with E-state index in [0.717, 1.165) is 0 Å². The minimum atomic E-state index is -3.20. The SMILES string of the molecule is N#CCS(=O)(=O)[C@H]1CCOC1. The molecule has 1 heterocycles. The van der Waals surface area contributed by atoms with E-state index >= 15 is 0 Å². The summed E-state index contributed by atoms with van der Waals surface area (Å²) in [6.07, 6.45) is 0.532. The summed E-state index contributed by atoms with van der Waals surface area (Å²) in [7, 11) is -3.20. The predicted molar refractivity (Wildman–Crippen MR) is 38.6 cm³/mol. The van der Waals surface area contributed by atoms with Gasteiger partial charge in [-0.1, -0.05) is 0 Å². The number of hydrogen-bond acceptors (Lipinski definition) is 4. The lowest BCUT2D eigenvalue weighted by molar-refractivity contribution is 0.198. The largest absolute Gasteiger partial charge is 0.380 e. The van der Waals surface area contributed by atoms with Crippen molar-refractivity contribution in [3.05, 3.63) is 0 Å². The van der Waals surface area contributed by atoms with Crippen molar-refractivity contribution in [1.82, 2.24) is 0 Å². The van der Waals surface area contributed by atoms with Crippen molar-refractivity contribution in [3.63, 3.8) is 0 Å². The van der Waals surface area contributed by atoms with Crippen LogP contribution < -0.4 is 0 Å². The van der Waals surface area contributed by atoms with E-state index in [9.17, 15) is 8.42 Å². The quantitative estimate of drug-likeness (QED) is 0.578. The molecule has 1 atom stereocenters. The lowest BCUT2D eigenvalue weighted by atomic mass is 10.4. The predicted octanol–water partition coefficient (Wildman–Crippen LogP) is -0.286. The van der Waals surface area contributed by atoms with Crippen molar-refractivity contribution in [1.29, 1.82) is 5.26 Å². The Morgan fingerprint density at radius 3 is 2.82 bits per heavy atom. The molecule has 0 aromatic rings. The van der Waals surface area contributed by atoms with Crippen LogP contribution in [-0.2, 0) is 14.6 Å². The van der Waals surface area contributed by atoms with Crippen LogP contribution in [0.25, 0.3) is 0 Å². The summed E-state index contributed by atoms with van der Waals surface area (Å²) in [6, 6.07) is 1.64. The average Bonchev–Trinajstić information content (AvgIpc) is 2.37. The fourth-order valence-corrected chi connectivity index (χ4v) is 2.18. The maximum absolute atomic E-state index is 11.1. The van der Waals surface area contributed by atoms with Crippen molar-refractivity contribution in [2.45, 2.75) is 11.7 Å². The number of nitrogens with zero attached hydrogens (tertiary/aromatic N) is 1. The van der Waals surface area contributed by atoms with Crippen LogP contribution in [0.1, 0.15) is 6.42 Å². The third-order valence-electron chi connectivity index (χ3n) is 1.66. The molecular formula is C6H9NO3S. The van der Waals surface area contributed by atoms with Gasteiger partial charge in [0.1, 0.15) is 5.75 Å². The molecule has 1 fully saturated rings. The topological polar surface area (TPSA) is 67.2 Å². The van der Waals surface area contributed by atoms with Crippen molar-refractivity contribution in [2.24, 2.45) is 0 Å². The zero-order valence-corrected chi connectivity index (χ0v) is 6.80. The van der Waals surface area contributed by atoms with Crippen molar-refractivity contribution in [3.8, 4) is 6.07 Å². The Hall–Kier alpha value is -0.600. The molecule has 0 aliphatic carbocycles. The summed E-state index contributed by atoms with van der Waals surface area (Å²) in [4.78, 5) is 0. The molecule has 0 N–H and O–H groups in total. The van der Waals surface area contributed by atoms with E-state index in [1.807, 2.05) is 0 Å². The first-order chi connectivity index (χ1) is 5.17. The van der Waals surface area contributed by atoms with Gasteiger partial charge in [-0.25, -0.2) is 8.42 Å². The summed E-state index contributed by atoms with van der Waals surface area (Å²) in [5.74, 6) is -0.388. The standard InChI is InChI=1S/C6H9NO3S/c7-2-4-11(8,9)6-1-3-10-5-6/h6H,1,3-5H2/t6-/m0/s1. The van der Waals surface area contributed by atoms with Crippen LogP contribution >= 0.6 is 0 Å². The minimum Gasteiger partial charge on any atom is -0.380 e. The van der Waals surface area contributed by atoms with Crippen LogP contribution in [0.15, 0.2) is 0 Å². The molecule has 4 nitrogen and oxygen atoms in total. The molecule has 0 saturated carbocycles. The summed E-state index contributed by atoms with van der Waals surface area (Å²) in [5.41, 5.74) is 0. The van der Waals surface area contributed by atoms with Gasteiger partial charge in [0.2, 0.25) is 0 Å². The summed E-state index contributed by atoms with van der Waals surface area (Å²) >= 11 is 0. The molecule has 1 aliphatic heterocycles. The number of sulfone groups is 1. The molecule has 0 radical (unpaired) electrons. The smallest absolute Gasteiger partial charge is 0.168 e. The van der Waals surface area contributed by atoms with Gasteiger partial charge < -0.3 is 4.74 Å². The first kappa shape index (κ1) is 8.50. The molecule has 0 aromatic heterocycles.